The topological polar surface area (TPSA) is 64.3 Å². The summed E-state index contributed by atoms with van der Waals surface area (Å²) in [4.78, 5) is 10.5. The van der Waals surface area contributed by atoms with Gasteiger partial charge in [-0.1, -0.05) is 0 Å². The number of hydrogen-bond donors (Lipinski definition) is 1. The highest BCUT2D eigenvalue weighted by Crippen LogP contribution is 2.45. The Bertz CT molecular complexity index is 531. The van der Waals surface area contributed by atoms with Gasteiger partial charge in [-0.25, -0.2) is 14.4 Å². The van der Waals surface area contributed by atoms with Gasteiger partial charge >= 0.3 is 0 Å². The summed E-state index contributed by atoms with van der Waals surface area (Å²) in [5, 5.41) is 0. The van der Waals surface area contributed by atoms with Crippen molar-refractivity contribution in [2.75, 3.05) is 37.7 Å². The number of ether oxygens (including phenoxy) is 1. The van der Waals surface area contributed by atoms with Crippen molar-refractivity contribution >= 4 is 5.82 Å². The van der Waals surface area contributed by atoms with Gasteiger partial charge < -0.3 is 15.4 Å². The first-order valence-electron chi connectivity index (χ1n) is 7.59. The summed E-state index contributed by atoms with van der Waals surface area (Å²) in [7, 11) is 0. The second kappa shape index (κ2) is 5.50. The van der Waals surface area contributed by atoms with Crippen molar-refractivity contribution in [1.82, 2.24) is 9.97 Å². The van der Waals surface area contributed by atoms with E-state index in [-0.39, 0.29) is 11.2 Å². The zero-order valence-electron chi connectivity index (χ0n) is 12.7. The van der Waals surface area contributed by atoms with Crippen LogP contribution in [0.1, 0.15) is 24.4 Å². The lowest BCUT2D eigenvalue weighted by atomic mass is 9.72. The van der Waals surface area contributed by atoms with Crippen molar-refractivity contribution in [3.8, 4) is 0 Å². The van der Waals surface area contributed by atoms with Crippen molar-refractivity contribution < 1.29 is 9.13 Å². The van der Waals surface area contributed by atoms with E-state index in [0.717, 1.165) is 39.1 Å². The van der Waals surface area contributed by atoms with Crippen molar-refractivity contribution in [3.05, 3.63) is 17.3 Å². The minimum Gasteiger partial charge on any atom is -0.381 e. The Morgan fingerprint density at radius 1 is 1.33 bits per heavy atom. The number of hydrogen-bond acceptors (Lipinski definition) is 5. The fourth-order valence-electron chi connectivity index (χ4n) is 3.75. The molecule has 1 atom stereocenters. The van der Waals surface area contributed by atoms with E-state index in [2.05, 4.69) is 14.9 Å². The second-order valence-electron chi connectivity index (χ2n) is 6.28. The van der Waals surface area contributed by atoms with Gasteiger partial charge in [0.25, 0.3) is 0 Å². The summed E-state index contributed by atoms with van der Waals surface area (Å²) in [5.74, 6) is 1.11. The largest absolute Gasteiger partial charge is 0.381 e. The molecular weight excluding hydrogens is 271 g/mol. The normalized spacial score (nSPS) is 24.8. The monoisotopic (exact) mass is 294 g/mol. The fraction of sp³-hybridized carbons (Fsp3) is 0.733. The number of aryl methyl sites for hydroxylation is 2. The second-order valence-corrected chi connectivity index (χ2v) is 6.28. The molecule has 1 spiro atoms. The predicted molar refractivity (Wildman–Crippen MR) is 78.7 cm³/mol. The molecule has 2 saturated heterocycles. The quantitative estimate of drug-likeness (QED) is 0.894. The number of nitrogens with two attached hydrogens (primary N) is 1. The molecule has 0 saturated carbocycles. The van der Waals surface area contributed by atoms with Gasteiger partial charge in [0.15, 0.2) is 11.6 Å². The van der Waals surface area contributed by atoms with Crippen molar-refractivity contribution in [1.29, 1.82) is 0 Å². The molecule has 21 heavy (non-hydrogen) atoms. The van der Waals surface area contributed by atoms with Crippen LogP contribution in [0.5, 0.6) is 0 Å². The third kappa shape index (κ3) is 2.51. The molecule has 2 fully saturated rings. The SMILES string of the molecule is Cc1nc(C)c(F)c(N2CC(CN)C3(CCOCC3)C2)n1. The molecule has 1 aromatic heterocycles. The fourth-order valence-corrected chi connectivity index (χ4v) is 3.75. The molecule has 6 heteroatoms. The van der Waals surface area contributed by atoms with Crippen LogP contribution in [-0.2, 0) is 4.74 Å². The maximum Gasteiger partial charge on any atom is 0.186 e. The first-order valence-corrected chi connectivity index (χ1v) is 7.59. The lowest BCUT2D eigenvalue weighted by Crippen LogP contribution is -2.39. The number of halogens is 1. The van der Waals surface area contributed by atoms with E-state index in [4.69, 9.17) is 10.5 Å². The number of anilines is 1. The van der Waals surface area contributed by atoms with E-state index in [9.17, 15) is 4.39 Å². The van der Waals surface area contributed by atoms with Crippen molar-refractivity contribution in [2.24, 2.45) is 17.1 Å². The Hall–Kier alpha value is -1.27. The molecule has 1 aromatic rings. The van der Waals surface area contributed by atoms with Gasteiger partial charge in [0.05, 0.1) is 5.69 Å². The van der Waals surface area contributed by atoms with Crippen LogP contribution < -0.4 is 10.6 Å². The van der Waals surface area contributed by atoms with E-state index in [1.54, 1.807) is 13.8 Å². The molecule has 1 unspecified atom stereocenters. The van der Waals surface area contributed by atoms with Crippen molar-refractivity contribution in [2.45, 2.75) is 26.7 Å². The molecule has 0 aliphatic carbocycles. The average Bonchev–Trinajstić information content (AvgIpc) is 2.81. The summed E-state index contributed by atoms with van der Waals surface area (Å²) >= 11 is 0. The molecule has 0 bridgehead atoms. The maximum absolute atomic E-state index is 14.4. The highest BCUT2D eigenvalue weighted by atomic mass is 19.1. The molecule has 3 rings (SSSR count). The highest BCUT2D eigenvalue weighted by Gasteiger charge is 2.47. The molecule has 0 radical (unpaired) electrons. The highest BCUT2D eigenvalue weighted by molar-refractivity contribution is 5.44. The third-order valence-corrected chi connectivity index (χ3v) is 5.00. The Morgan fingerprint density at radius 3 is 2.71 bits per heavy atom. The van der Waals surface area contributed by atoms with E-state index >= 15 is 0 Å². The number of nitrogens with zero attached hydrogens (tertiary/aromatic N) is 3. The zero-order chi connectivity index (χ0) is 15.0. The first kappa shape index (κ1) is 14.7. The van der Waals surface area contributed by atoms with Gasteiger partial charge in [-0.3, -0.25) is 0 Å². The van der Waals surface area contributed by atoms with Crippen LogP contribution in [0.2, 0.25) is 0 Å². The molecule has 2 aliphatic rings. The van der Waals surface area contributed by atoms with Crippen LogP contribution in [0, 0.1) is 31.0 Å². The van der Waals surface area contributed by atoms with Gasteiger partial charge in [-0.05, 0) is 44.6 Å². The molecule has 2 aliphatic heterocycles. The van der Waals surface area contributed by atoms with E-state index in [1.165, 1.54) is 0 Å². The maximum atomic E-state index is 14.4. The van der Waals surface area contributed by atoms with Gasteiger partial charge in [0.2, 0.25) is 0 Å². The molecule has 3 heterocycles. The van der Waals surface area contributed by atoms with Gasteiger partial charge in [-0.2, -0.15) is 0 Å². The lowest BCUT2D eigenvalue weighted by Gasteiger charge is -2.37. The summed E-state index contributed by atoms with van der Waals surface area (Å²) < 4.78 is 19.9. The summed E-state index contributed by atoms with van der Waals surface area (Å²) in [6, 6.07) is 0. The summed E-state index contributed by atoms with van der Waals surface area (Å²) in [5.41, 5.74) is 6.54. The van der Waals surface area contributed by atoms with Gasteiger partial charge in [0.1, 0.15) is 5.82 Å². The Balaban J connectivity index is 1.91. The smallest absolute Gasteiger partial charge is 0.186 e. The Kier molecular flexibility index (Phi) is 3.84. The molecule has 5 nitrogen and oxygen atoms in total. The summed E-state index contributed by atoms with van der Waals surface area (Å²) in [6.07, 6.45) is 1.99. The van der Waals surface area contributed by atoms with Crippen LogP contribution in [0.3, 0.4) is 0 Å². The predicted octanol–water partition coefficient (Wildman–Crippen LogP) is 1.42. The average molecular weight is 294 g/mol. The van der Waals surface area contributed by atoms with Crippen LogP contribution in [-0.4, -0.2) is 42.8 Å². The minimum absolute atomic E-state index is 0.145. The van der Waals surface area contributed by atoms with Crippen molar-refractivity contribution in [3.63, 3.8) is 0 Å². The lowest BCUT2D eigenvalue weighted by molar-refractivity contribution is 0.00489. The Labute approximate surface area is 124 Å². The standard InChI is InChI=1S/C15H23FN4O/c1-10-13(16)14(19-11(2)18-10)20-8-12(7-17)15(9-20)3-5-21-6-4-15/h12H,3-9,17H2,1-2H3. The first-order chi connectivity index (χ1) is 10.1. The van der Waals surface area contributed by atoms with E-state index < -0.39 is 0 Å². The van der Waals surface area contributed by atoms with Gasteiger partial charge in [-0.15, -0.1) is 0 Å². The number of aromatic nitrogens is 2. The van der Waals surface area contributed by atoms with Crippen LogP contribution in [0.15, 0.2) is 0 Å². The molecule has 2 N–H and O–H groups in total. The van der Waals surface area contributed by atoms with E-state index in [0.29, 0.717) is 29.8 Å². The minimum atomic E-state index is -0.305. The third-order valence-electron chi connectivity index (χ3n) is 5.00. The van der Waals surface area contributed by atoms with Gasteiger partial charge in [0, 0.05) is 26.3 Å². The molecular formula is C15H23FN4O. The Morgan fingerprint density at radius 2 is 2.05 bits per heavy atom. The molecule has 0 amide bonds. The van der Waals surface area contributed by atoms with E-state index in [1.807, 2.05) is 0 Å². The molecule has 116 valence electrons. The number of rotatable bonds is 2. The van der Waals surface area contributed by atoms with Crippen LogP contribution in [0.4, 0.5) is 10.2 Å². The summed E-state index contributed by atoms with van der Waals surface area (Å²) in [6.45, 7) is 7.24. The van der Waals surface area contributed by atoms with Crippen LogP contribution >= 0.6 is 0 Å². The molecule has 0 aromatic carbocycles. The van der Waals surface area contributed by atoms with Crippen LogP contribution in [0.25, 0.3) is 0 Å². The zero-order valence-corrected chi connectivity index (χ0v) is 12.7.